The van der Waals surface area contributed by atoms with E-state index in [0.29, 0.717) is 11.1 Å². The number of carboxylic acid groups (broad SMARTS) is 1. The molecule has 1 unspecified atom stereocenters. The van der Waals surface area contributed by atoms with E-state index < -0.39 is 5.97 Å². The molecule has 0 aliphatic carbocycles. The van der Waals surface area contributed by atoms with Gasteiger partial charge in [0.2, 0.25) is 0 Å². The average Bonchev–Trinajstić information content (AvgIpc) is 2.48. The summed E-state index contributed by atoms with van der Waals surface area (Å²) in [7, 11) is 0. The van der Waals surface area contributed by atoms with Gasteiger partial charge in [-0.15, -0.1) is 11.8 Å². The number of carboxylic acids is 1. The highest BCUT2D eigenvalue weighted by Crippen LogP contribution is 2.22. The first kappa shape index (κ1) is 9.86. The van der Waals surface area contributed by atoms with Crippen molar-refractivity contribution in [1.82, 2.24) is 5.32 Å². The first-order valence-electron chi connectivity index (χ1n) is 4.34. The van der Waals surface area contributed by atoms with E-state index >= 15 is 0 Å². The van der Waals surface area contributed by atoms with Crippen LogP contribution in [-0.2, 0) is 4.79 Å². The van der Waals surface area contributed by atoms with E-state index in [1.165, 1.54) is 12.8 Å². The van der Waals surface area contributed by atoms with Crippen LogP contribution in [0.3, 0.4) is 0 Å². The van der Waals surface area contributed by atoms with E-state index in [-0.39, 0.29) is 6.04 Å². The number of nitrogens with one attached hydrogen (secondary N) is 1. The summed E-state index contributed by atoms with van der Waals surface area (Å²) in [5, 5.41) is 12.1. The zero-order chi connectivity index (χ0) is 8.97. The smallest absolute Gasteiger partial charge is 0.321 e. The summed E-state index contributed by atoms with van der Waals surface area (Å²) < 4.78 is 0. The molecule has 1 rings (SSSR count). The maximum Gasteiger partial charge on any atom is 0.321 e. The molecule has 0 radical (unpaired) electrons. The minimum Gasteiger partial charge on any atom is -0.480 e. The van der Waals surface area contributed by atoms with Gasteiger partial charge in [0.1, 0.15) is 6.04 Å². The zero-order valence-electron chi connectivity index (χ0n) is 7.25. The topological polar surface area (TPSA) is 49.3 Å². The molecule has 1 fully saturated rings. The Morgan fingerprint density at radius 2 is 2.50 bits per heavy atom. The number of aliphatic carboxylic acids is 1. The van der Waals surface area contributed by atoms with Crippen LogP contribution < -0.4 is 5.32 Å². The molecule has 2 atom stereocenters. The molecule has 2 N–H and O–H groups in total. The minimum atomic E-state index is -0.721. The molecule has 1 aliphatic rings. The molecule has 0 saturated carbocycles. The Hall–Kier alpha value is -0.220. The van der Waals surface area contributed by atoms with Crippen molar-refractivity contribution in [2.45, 2.75) is 37.6 Å². The Morgan fingerprint density at radius 3 is 3.00 bits per heavy atom. The molecule has 1 saturated heterocycles. The highest BCUT2D eigenvalue weighted by molar-refractivity contribution is 8.00. The molecule has 70 valence electrons. The molecule has 0 bridgehead atoms. The maximum atomic E-state index is 10.5. The lowest BCUT2D eigenvalue weighted by Crippen LogP contribution is -2.36. The van der Waals surface area contributed by atoms with Gasteiger partial charge in [0.25, 0.3) is 0 Å². The summed E-state index contributed by atoms with van der Waals surface area (Å²) in [5.74, 6) is -0.00882. The van der Waals surface area contributed by atoms with Crippen molar-refractivity contribution in [3.05, 3.63) is 0 Å². The molecule has 0 amide bonds. The molecule has 4 heteroatoms. The van der Waals surface area contributed by atoms with Crippen molar-refractivity contribution in [1.29, 1.82) is 0 Å². The van der Waals surface area contributed by atoms with Crippen molar-refractivity contribution in [3.63, 3.8) is 0 Å². The summed E-state index contributed by atoms with van der Waals surface area (Å²) in [6.07, 6.45) is 3.44. The largest absolute Gasteiger partial charge is 0.480 e. The van der Waals surface area contributed by atoms with Gasteiger partial charge in [0.05, 0.1) is 5.37 Å². The maximum absolute atomic E-state index is 10.5. The fourth-order valence-electron chi connectivity index (χ4n) is 1.23. The predicted molar refractivity (Wildman–Crippen MR) is 50.3 cm³/mol. The Morgan fingerprint density at radius 1 is 1.75 bits per heavy atom. The molecule has 12 heavy (non-hydrogen) atoms. The van der Waals surface area contributed by atoms with Crippen LogP contribution in [0.4, 0.5) is 0 Å². The molecule has 0 aromatic carbocycles. The van der Waals surface area contributed by atoms with Gasteiger partial charge in [0, 0.05) is 5.75 Å². The summed E-state index contributed by atoms with van der Waals surface area (Å²) in [6.45, 7) is 2.15. The zero-order valence-corrected chi connectivity index (χ0v) is 8.06. The van der Waals surface area contributed by atoms with Crippen molar-refractivity contribution >= 4 is 17.7 Å². The predicted octanol–water partition coefficient (Wildman–Crippen LogP) is 1.29. The number of hydrogen-bond donors (Lipinski definition) is 2. The second-order valence-electron chi connectivity index (χ2n) is 3.02. The number of carbonyl (C=O) groups is 1. The molecule has 3 nitrogen and oxygen atoms in total. The lowest BCUT2D eigenvalue weighted by Gasteiger charge is -2.09. The number of hydrogen-bond acceptors (Lipinski definition) is 3. The second-order valence-corrected chi connectivity index (χ2v) is 4.26. The summed E-state index contributed by atoms with van der Waals surface area (Å²) in [5.41, 5.74) is 0. The number of unbranched alkanes of at least 4 members (excludes halogenated alkanes) is 1. The minimum absolute atomic E-state index is 0.322. The van der Waals surface area contributed by atoms with E-state index in [4.69, 9.17) is 5.11 Å². The monoisotopic (exact) mass is 189 g/mol. The quantitative estimate of drug-likeness (QED) is 0.699. The Balaban J connectivity index is 2.21. The normalized spacial score (nSPS) is 29.1. The van der Waals surface area contributed by atoms with E-state index in [1.807, 2.05) is 0 Å². The van der Waals surface area contributed by atoms with Gasteiger partial charge in [-0.1, -0.05) is 19.8 Å². The van der Waals surface area contributed by atoms with Crippen LogP contribution in [0.2, 0.25) is 0 Å². The Kier molecular flexibility index (Phi) is 3.88. The van der Waals surface area contributed by atoms with Crippen LogP contribution in [-0.4, -0.2) is 28.2 Å². The van der Waals surface area contributed by atoms with E-state index in [1.54, 1.807) is 11.8 Å². The first-order valence-corrected chi connectivity index (χ1v) is 5.39. The molecular weight excluding hydrogens is 174 g/mol. The second kappa shape index (κ2) is 4.72. The first-order chi connectivity index (χ1) is 5.74. The molecule has 1 aliphatic heterocycles. The van der Waals surface area contributed by atoms with E-state index in [9.17, 15) is 4.79 Å². The third-order valence-corrected chi connectivity index (χ3v) is 3.27. The van der Waals surface area contributed by atoms with E-state index in [0.717, 1.165) is 6.42 Å². The lowest BCUT2D eigenvalue weighted by atomic mass is 10.2. The lowest BCUT2D eigenvalue weighted by molar-refractivity contribution is -0.138. The van der Waals surface area contributed by atoms with Crippen molar-refractivity contribution in [2.75, 3.05) is 5.75 Å². The van der Waals surface area contributed by atoms with Crippen LogP contribution in [0.1, 0.15) is 26.2 Å². The number of thioether (sulfide) groups is 1. The van der Waals surface area contributed by atoms with Gasteiger partial charge in [-0.2, -0.15) is 0 Å². The molecule has 0 aromatic heterocycles. The van der Waals surface area contributed by atoms with Gasteiger partial charge < -0.3 is 5.11 Å². The van der Waals surface area contributed by atoms with E-state index in [2.05, 4.69) is 12.2 Å². The number of rotatable bonds is 4. The third-order valence-electron chi connectivity index (χ3n) is 1.97. The highest BCUT2D eigenvalue weighted by Gasteiger charge is 2.28. The molecule has 1 heterocycles. The summed E-state index contributed by atoms with van der Waals surface area (Å²) >= 11 is 1.73. The molecular formula is C8H15NO2S. The van der Waals surface area contributed by atoms with Crippen molar-refractivity contribution in [3.8, 4) is 0 Å². The van der Waals surface area contributed by atoms with Crippen LogP contribution >= 0.6 is 11.8 Å². The van der Waals surface area contributed by atoms with Crippen LogP contribution in [0.5, 0.6) is 0 Å². The molecule has 0 spiro atoms. The van der Waals surface area contributed by atoms with Gasteiger partial charge in [0.15, 0.2) is 0 Å². The Bertz CT molecular complexity index is 163. The highest BCUT2D eigenvalue weighted by atomic mass is 32.2. The Labute approximate surface area is 76.9 Å². The van der Waals surface area contributed by atoms with Crippen molar-refractivity contribution in [2.24, 2.45) is 0 Å². The average molecular weight is 189 g/mol. The van der Waals surface area contributed by atoms with Gasteiger partial charge in [-0.25, -0.2) is 0 Å². The third kappa shape index (κ3) is 2.68. The van der Waals surface area contributed by atoms with Crippen LogP contribution in [0.15, 0.2) is 0 Å². The molecule has 0 aromatic rings. The van der Waals surface area contributed by atoms with Gasteiger partial charge in [-0.05, 0) is 6.42 Å². The van der Waals surface area contributed by atoms with Crippen LogP contribution in [0.25, 0.3) is 0 Å². The fraction of sp³-hybridized carbons (Fsp3) is 0.875. The summed E-state index contributed by atoms with van der Waals surface area (Å²) in [6, 6.07) is -0.322. The SMILES string of the molecule is CCCCC1N[C@H](C(=O)O)CS1. The van der Waals surface area contributed by atoms with Gasteiger partial charge >= 0.3 is 5.97 Å². The van der Waals surface area contributed by atoms with Gasteiger partial charge in [-0.3, -0.25) is 10.1 Å². The fourth-order valence-corrected chi connectivity index (χ4v) is 2.49. The summed E-state index contributed by atoms with van der Waals surface area (Å²) in [4.78, 5) is 10.5. The van der Waals surface area contributed by atoms with Crippen molar-refractivity contribution < 1.29 is 9.90 Å². The van der Waals surface area contributed by atoms with Crippen LogP contribution in [0, 0.1) is 0 Å². The standard InChI is InChI=1S/C8H15NO2S/c1-2-3-4-7-9-6(5-12-7)8(10)11/h6-7,9H,2-5H2,1H3,(H,10,11)/t6-,7?/m0/s1.